The number of nitrogens with two attached hydrogens (primary N) is 1. The summed E-state index contributed by atoms with van der Waals surface area (Å²) in [6.07, 6.45) is 3.41. The van der Waals surface area contributed by atoms with Gasteiger partial charge in [-0.15, -0.1) is 0 Å². The van der Waals surface area contributed by atoms with Gasteiger partial charge in [0.2, 0.25) is 5.88 Å². The molecule has 2 aromatic rings. The maximum atomic E-state index is 5.54. The van der Waals surface area contributed by atoms with Crippen molar-refractivity contribution in [1.82, 2.24) is 14.2 Å². The quantitative estimate of drug-likeness (QED) is 0.820. The molecule has 0 spiro atoms. The lowest BCUT2D eigenvalue weighted by molar-refractivity contribution is 0.402. The van der Waals surface area contributed by atoms with Crippen LogP contribution in [0.15, 0.2) is 18.5 Å². The Labute approximate surface area is 85.3 Å². The molecule has 0 aliphatic carbocycles. The number of nitrogens with zero attached hydrogens (tertiary/aromatic N) is 3. The summed E-state index contributed by atoms with van der Waals surface area (Å²) in [7, 11) is 1.60. The first-order valence-electron chi connectivity index (χ1n) is 4.05. The van der Waals surface area contributed by atoms with Crippen molar-refractivity contribution in [2.75, 3.05) is 12.8 Å². The molecule has 0 atom stereocenters. The molecule has 0 aliphatic heterocycles. The second-order valence-corrected chi connectivity index (χ2v) is 3.70. The van der Waals surface area contributed by atoms with Crippen molar-refractivity contribution in [2.45, 2.75) is 6.54 Å². The largest absolute Gasteiger partial charge is 0.480 e. The predicted molar refractivity (Wildman–Crippen MR) is 54.4 cm³/mol. The molecule has 0 amide bonds. The molecular formula is C8H10N4OS. The van der Waals surface area contributed by atoms with Crippen LogP contribution >= 0.6 is 11.5 Å². The van der Waals surface area contributed by atoms with Gasteiger partial charge in [-0.2, -0.15) is 9.47 Å². The average Bonchev–Trinajstić information content (AvgIpc) is 2.76. The van der Waals surface area contributed by atoms with Crippen LogP contribution in [0.4, 0.5) is 5.69 Å². The van der Waals surface area contributed by atoms with E-state index in [1.165, 1.54) is 11.5 Å². The Balaban J connectivity index is 2.10. The highest BCUT2D eigenvalue weighted by Crippen LogP contribution is 2.17. The number of rotatable bonds is 3. The normalized spacial score (nSPS) is 10.4. The van der Waals surface area contributed by atoms with E-state index >= 15 is 0 Å². The number of hydrogen-bond donors (Lipinski definition) is 1. The van der Waals surface area contributed by atoms with Crippen molar-refractivity contribution in [1.29, 1.82) is 0 Å². The minimum absolute atomic E-state index is 0.644. The first kappa shape index (κ1) is 9.01. The summed E-state index contributed by atoms with van der Waals surface area (Å²) in [4.78, 5) is 1.09. The molecule has 0 bridgehead atoms. The molecule has 6 heteroatoms. The predicted octanol–water partition coefficient (Wildman–Crippen LogP) is 0.979. The van der Waals surface area contributed by atoms with Crippen LogP contribution in [0.2, 0.25) is 0 Å². The summed E-state index contributed by atoms with van der Waals surface area (Å²) in [6, 6.07) is 1.89. The molecule has 0 aliphatic rings. The van der Waals surface area contributed by atoms with Crippen molar-refractivity contribution in [3.63, 3.8) is 0 Å². The summed E-state index contributed by atoms with van der Waals surface area (Å²) >= 11 is 1.40. The molecule has 0 saturated heterocycles. The summed E-state index contributed by atoms with van der Waals surface area (Å²) in [5, 5.41) is 4.08. The molecule has 2 N–H and O–H groups in total. The maximum absolute atomic E-state index is 5.54. The Hall–Kier alpha value is -1.56. The van der Waals surface area contributed by atoms with Gasteiger partial charge < -0.3 is 10.5 Å². The van der Waals surface area contributed by atoms with Crippen LogP contribution in [0.3, 0.4) is 0 Å². The number of nitrogen functional groups attached to an aromatic ring is 1. The molecule has 0 unspecified atom stereocenters. The van der Waals surface area contributed by atoms with E-state index in [9.17, 15) is 0 Å². The van der Waals surface area contributed by atoms with E-state index in [0.717, 1.165) is 4.88 Å². The third-order valence-electron chi connectivity index (χ3n) is 1.72. The van der Waals surface area contributed by atoms with E-state index in [-0.39, 0.29) is 0 Å². The van der Waals surface area contributed by atoms with Crippen LogP contribution in [0.1, 0.15) is 4.88 Å². The number of ether oxygens (including phenoxy) is 1. The Bertz CT molecular complexity index is 422. The zero-order valence-electron chi connectivity index (χ0n) is 7.67. The van der Waals surface area contributed by atoms with Gasteiger partial charge >= 0.3 is 0 Å². The first-order valence-corrected chi connectivity index (χ1v) is 4.83. The minimum atomic E-state index is 0.644. The summed E-state index contributed by atoms with van der Waals surface area (Å²) in [5.41, 5.74) is 6.21. The summed E-state index contributed by atoms with van der Waals surface area (Å²) < 4.78 is 10.8. The topological polar surface area (TPSA) is 66.0 Å². The van der Waals surface area contributed by atoms with Crippen LogP contribution in [-0.2, 0) is 6.54 Å². The van der Waals surface area contributed by atoms with Crippen LogP contribution in [0, 0.1) is 0 Å². The lowest BCUT2D eigenvalue weighted by atomic mass is 10.5. The highest BCUT2D eigenvalue weighted by molar-refractivity contribution is 7.05. The molecule has 0 aromatic carbocycles. The number of aromatic nitrogens is 3. The summed E-state index contributed by atoms with van der Waals surface area (Å²) in [6.45, 7) is 0.679. The Morgan fingerprint density at radius 3 is 3.07 bits per heavy atom. The zero-order valence-corrected chi connectivity index (χ0v) is 8.49. The molecular weight excluding hydrogens is 200 g/mol. The average molecular weight is 210 g/mol. The Morgan fingerprint density at radius 1 is 1.64 bits per heavy atom. The molecule has 5 nitrogen and oxygen atoms in total. The Morgan fingerprint density at radius 2 is 2.50 bits per heavy atom. The van der Waals surface area contributed by atoms with E-state index in [2.05, 4.69) is 9.47 Å². The third kappa shape index (κ3) is 1.85. The summed E-state index contributed by atoms with van der Waals surface area (Å²) in [5.74, 6) is 0.644. The van der Waals surface area contributed by atoms with Crippen LogP contribution < -0.4 is 10.5 Å². The number of hydrogen-bond acceptors (Lipinski definition) is 5. The van der Waals surface area contributed by atoms with E-state index < -0.39 is 0 Å². The molecule has 0 radical (unpaired) electrons. The van der Waals surface area contributed by atoms with Crippen molar-refractivity contribution in [3.8, 4) is 5.88 Å². The molecule has 0 saturated carbocycles. The van der Waals surface area contributed by atoms with E-state index in [1.807, 2.05) is 6.07 Å². The van der Waals surface area contributed by atoms with Gasteiger partial charge in [-0.05, 0) is 11.5 Å². The standard InChI is InChI=1S/C8H10N4OS/c1-13-8-2-7(14-11-8)5-12-4-6(9)3-10-12/h2-4H,5,9H2,1H3. The smallest absolute Gasteiger partial charge is 0.225 e. The van der Waals surface area contributed by atoms with Crippen LogP contribution in [-0.4, -0.2) is 21.3 Å². The highest BCUT2D eigenvalue weighted by atomic mass is 32.1. The van der Waals surface area contributed by atoms with E-state index in [1.54, 1.807) is 24.2 Å². The second kappa shape index (κ2) is 3.67. The van der Waals surface area contributed by atoms with Gasteiger partial charge in [-0.3, -0.25) is 4.68 Å². The molecule has 14 heavy (non-hydrogen) atoms. The fourth-order valence-corrected chi connectivity index (χ4v) is 1.77. The number of anilines is 1. The van der Waals surface area contributed by atoms with Gasteiger partial charge in [0, 0.05) is 12.3 Å². The van der Waals surface area contributed by atoms with Gasteiger partial charge in [0.1, 0.15) is 0 Å². The molecule has 2 aromatic heterocycles. The van der Waals surface area contributed by atoms with Crippen molar-refractivity contribution < 1.29 is 4.74 Å². The van der Waals surface area contributed by atoms with Crippen molar-refractivity contribution in [2.24, 2.45) is 0 Å². The minimum Gasteiger partial charge on any atom is -0.480 e. The zero-order chi connectivity index (χ0) is 9.97. The molecule has 2 heterocycles. The van der Waals surface area contributed by atoms with Crippen molar-refractivity contribution in [3.05, 3.63) is 23.3 Å². The molecule has 0 fully saturated rings. The van der Waals surface area contributed by atoms with Gasteiger partial charge in [0.25, 0.3) is 0 Å². The van der Waals surface area contributed by atoms with E-state index in [4.69, 9.17) is 10.5 Å². The van der Waals surface area contributed by atoms with Gasteiger partial charge in [-0.1, -0.05) is 0 Å². The third-order valence-corrected chi connectivity index (χ3v) is 2.47. The van der Waals surface area contributed by atoms with Crippen molar-refractivity contribution >= 4 is 17.2 Å². The first-order chi connectivity index (χ1) is 6.78. The van der Waals surface area contributed by atoms with E-state index in [0.29, 0.717) is 18.1 Å². The van der Waals surface area contributed by atoms with Crippen LogP contribution in [0.5, 0.6) is 5.88 Å². The SMILES string of the molecule is COc1cc(Cn2cc(N)cn2)sn1. The number of methoxy groups -OCH3 is 1. The molecule has 2 rings (SSSR count). The lowest BCUT2D eigenvalue weighted by Gasteiger charge is -1.95. The molecule has 74 valence electrons. The monoisotopic (exact) mass is 210 g/mol. The maximum Gasteiger partial charge on any atom is 0.225 e. The fourth-order valence-electron chi connectivity index (χ4n) is 1.09. The highest BCUT2D eigenvalue weighted by Gasteiger charge is 2.02. The van der Waals surface area contributed by atoms with Gasteiger partial charge in [0.05, 0.1) is 30.4 Å². The Kier molecular flexibility index (Phi) is 2.36. The fraction of sp³-hybridized carbons (Fsp3) is 0.250. The second-order valence-electron chi connectivity index (χ2n) is 2.81. The van der Waals surface area contributed by atoms with Crippen LogP contribution in [0.25, 0.3) is 0 Å². The van der Waals surface area contributed by atoms with Gasteiger partial charge in [0.15, 0.2) is 0 Å². The van der Waals surface area contributed by atoms with Gasteiger partial charge in [-0.25, -0.2) is 0 Å². The lowest BCUT2D eigenvalue weighted by Crippen LogP contribution is -1.97.